The molecule has 1 aliphatic heterocycles. The van der Waals surface area contributed by atoms with E-state index in [4.69, 9.17) is 4.74 Å². The molecule has 23 heavy (non-hydrogen) atoms. The second-order valence-corrected chi connectivity index (χ2v) is 6.73. The Hall–Kier alpha value is -1.06. The van der Waals surface area contributed by atoms with Crippen molar-refractivity contribution in [1.29, 1.82) is 0 Å². The molecule has 0 aromatic rings. The molecule has 3 heteroatoms. The Kier molecular flexibility index (Phi) is 9.27. The van der Waals surface area contributed by atoms with Crippen molar-refractivity contribution in [3.05, 3.63) is 36.1 Å². The normalized spacial score (nSPS) is 20.2. The van der Waals surface area contributed by atoms with E-state index in [-0.39, 0.29) is 0 Å². The van der Waals surface area contributed by atoms with E-state index < -0.39 is 5.60 Å². The molecule has 0 aromatic carbocycles. The van der Waals surface area contributed by atoms with E-state index in [1.54, 1.807) is 6.08 Å². The zero-order valence-corrected chi connectivity index (χ0v) is 15.3. The lowest BCUT2D eigenvalue weighted by atomic mass is 9.90. The summed E-state index contributed by atoms with van der Waals surface area (Å²) in [4.78, 5) is 2.53. The number of aliphatic hydroxyl groups is 1. The third-order valence-corrected chi connectivity index (χ3v) is 4.47. The van der Waals surface area contributed by atoms with Crippen molar-refractivity contribution in [2.75, 3.05) is 26.2 Å². The van der Waals surface area contributed by atoms with Crippen molar-refractivity contribution in [3.63, 3.8) is 0 Å². The van der Waals surface area contributed by atoms with Gasteiger partial charge in [-0.25, -0.2) is 0 Å². The topological polar surface area (TPSA) is 32.7 Å². The molecule has 0 radical (unpaired) electrons. The summed E-state index contributed by atoms with van der Waals surface area (Å²) in [7, 11) is 0. The van der Waals surface area contributed by atoms with E-state index in [0.29, 0.717) is 0 Å². The average molecular weight is 322 g/mol. The molecular weight excluding hydrogens is 286 g/mol. The maximum absolute atomic E-state index is 10.4. The van der Waals surface area contributed by atoms with Crippen molar-refractivity contribution in [2.24, 2.45) is 0 Å². The molecule has 0 saturated carbocycles. The second-order valence-electron chi connectivity index (χ2n) is 6.73. The number of likely N-dealkylation sites (tertiary alicyclic amines) is 1. The summed E-state index contributed by atoms with van der Waals surface area (Å²) in [5, 5.41) is 10.4. The molecule has 1 atom stereocenters. The number of allylic oxidation sites excluding steroid dienone is 3. The molecule has 132 valence electrons. The Morgan fingerprint density at radius 2 is 1.96 bits per heavy atom. The van der Waals surface area contributed by atoms with Gasteiger partial charge in [-0.15, -0.1) is 0 Å². The zero-order chi connectivity index (χ0) is 17.1. The summed E-state index contributed by atoms with van der Waals surface area (Å²) in [5.41, 5.74) is 0.0252. The van der Waals surface area contributed by atoms with Crippen LogP contribution < -0.4 is 0 Å². The Morgan fingerprint density at radius 3 is 2.57 bits per heavy atom. The number of piperidine rings is 1. The second kappa shape index (κ2) is 10.7. The van der Waals surface area contributed by atoms with Gasteiger partial charge in [-0.05, 0) is 64.3 Å². The minimum Gasteiger partial charge on any atom is -0.498 e. The van der Waals surface area contributed by atoms with Gasteiger partial charge in [0.05, 0.1) is 18.0 Å². The molecule has 1 rings (SSSR count). The van der Waals surface area contributed by atoms with Gasteiger partial charge >= 0.3 is 0 Å². The third kappa shape index (κ3) is 7.85. The van der Waals surface area contributed by atoms with Gasteiger partial charge in [-0.2, -0.15) is 0 Å². The molecular formula is C20H35NO2. The highest BCUT2D eigenvalue weighted by atomic mass is 16.5. The smallest absolute Gasteiger partial charge is 0.0928 e. The van der Waals surface area contributed by atoms with Crippen molar-refractivity contribution >= 4 is 0 Å². The van der Waals surface area contributed by atoms with Crippen molar-refractivity contribution in [2.45, 2.75) is 64.9 Å². The lowest BCUT2D eigenvalue weighted by molar-refractivity contribution is 0.0919. The van der Waals surface area contributed by atoms with Crippen molar-refractivity contribution < 1.29 is 9.84 Å². The highest BCUT2D eigenvalue weighted by Crippen LogP contribution is 2.23. The number of hydrogen-bond donors (Lipinski definition) is 1. The Bertz CT molecular complexity index is 404. The summed E-state index contributed by atoms with van der Waals surface area (Å²) in [6.45, 7) is 14.1. The van der Waals surface area contributed by atoms with Crippen molar-refractivity contribution in [1.82, 2.24) is 4.90 Å². The van der Waals surface area contributed by atoms with E-state index in [2.05, 4.69) is 18.4 Å². The molecule has 1 heterocycles. The van der Waals surface area contributed by atoms with E-state index in [1.165, 1.54) is 32.4 Å². The molecule has 0 aliphatic carbocycles. The molecule has 3 nitrogen and oxygen atoms in total. The van der Waals surface area contributed by atoms with Gasteiger partial charge in [0.15, 0.2) is 0 Å². The summed E-state index contributed by atoms with van der Waals surface area (Å²) < 4.78 is 5.77. The van der Waals surface area contributed by atoms with Gasteiger partial charge in [-0.3, -0.25) is 0 Å². The monoisotopic (exact) mass is 321 g/mol. The lowest BCUT2D eigenvalue weighted by Gasteiger charge is -2.26. The van der Waals surface area contributed by atoms with Crippen LogP contribution in [0.5, 0.6) is 0 Å². The van der Waals surface area contributed by atoms with Crippen LogP contribution in [-0.4, -0.2) is 41.8 Å². The quantitative estimate of drug-likeness (QED) is 0.367. The fraction of sp³-hybridized carbons (Fsp3) is 0.700. The molecule has 0 spiro atoms. The summed E-state index contributed by atoms with van der Waals surface area (Å²) in [5.74, 6) is 0.885. The molecule has 1 unspecified atom stereocenters. The number of nitrogens with zero attached hydrogens (tertiary/aromatic N) is 1. The first kappa shape index (κ1) is 20.0. The average Bonchev–Trinajstić information content (AvgIpc) is 2.53. The van der Waals surface area contributed by atoms with E-state index in [0.717, 1.165) is 43.7 Å². The van der Waals surface area contributed by atoms with E-state index in [1.807, 2.05) is 26.0 Å². The van der Waals surface area contributed by atoms with Gasteiger partial charge in [0.2, 0.25) is 0 Å². The van der Waals surface area contributed by atoms with Crippen LogP contribution in [0.15, 0.2) is 36.1 Å². The summed E-state index contributed by atoms with van der Waals surface area (Å²) >= 11 is 0. The van der Waals surface area contributed by atoms with Crippen LogP contribution in [-0.2, 0) is 4.74 Å². The number of ether oxygens (including phenoxy) is 1. The molecule has 1 fully saturated rings. The van der Waals surface area contributed by atoms with Crippen LogP contribution in [0.4, 0.5) is 0 Å². The van der Waals surface area contributed by atoms with Crippen molar-refractivity contribution in [3.8, 4) is 0 Å². The maximum Gasteiger partial charge on any atom is 0.0928 e. The molecule has 1 aliphatic rings. The standard InChI is InChI=1S/C20H35NO2/c1-5-13-20(4,22)19(6-2)12-11-18(3)23-17-10-16-21-14-8-7-9-15-21/h6,11-12,22H,2,5,7-10,13-17H2,1,3-4H3/b18-11+,19-12+. The number of rotatable bonds is 10. The maximum atomic E-state index is 10.4. The summed E-state index contributed by atoms with van der Waals surface area (Å²) in [6, 6.07) is 0. The van der Waals surface area contributed by atoms with Crippen LogP contribution in [0, 0.1) is 0 Å². The summed E-state index contributed by atoms with van der Waals surface area (Å²) in [6.07, 6.45) is 12.4. The van der Waals surface area contributed by atoms with Crippen LogP contribution in [0.25, 0.3) is 0 Å². The predicted molar refractivity (Wildman–Crippen MR) is 98.4 cm³/mol. The highest BCUT2D eigenvalue weighted by molar-refractivity contribution is 5.30. The van der Waals surface area contributed by atoms with Gasteiger partial charge in [-0.1, -0.05) is 38.5 Å². The van der Waals surface area contributed by atoms with Gasteiger partial charge in [0.25, 0.3) is 0 Å². The highest BCUT2D eigenvalue weighted by Gasteiger charge is 2.21. The van der Waals surface area contributed by atoms with E-state index >= 15 is 0 Å². The van der Waals surface area contributed by atoms with Crippen LogP contribution >= 0.6 is 0 Å². The largest absolute Gasteiger partial charge is 0.498 e. The third-order valence-electron chi connectivity index (χ3n) is 4.47. The van der Waals surface area contributed by atoms with Crippen LogP contribution in [0.1, 0.15) is 59.3 Å². The number of hydrogen-bond acceptors (Lipinski definition) is 3. The Balaban J connectivity index is 2.36. The Morgan fingerprint density at radius 1 is 1.26 bits per heavy atom. The fourth-order valence-corrected chi connectivity index (χ4v) is 3.06. The molecule has 0 bridgehead atoms. The van der Waals surface area contributed by atoms with Gasteiger partial charge in [0, 0.05) is 6.54 Å². The molecule has 1 saturated heterocycles. The van der Waals surface area contributed by atoms with E-state index in [9.17, 15) is 5.11 Å². The minimum absolute atomic E-state index is 0.731. The fourth-order valence-electron chi connectivity index (χ4n) is 3.06. The zero-order valence-electron chi connectivity index (χ0n) is 15.3. The SMILES string of the molecule is C=C/C(=C\C=C(/C)OCCCN1CCCCC1)C(C)(O)CCC. The molecule has 0 amide bonds. The minimum atomic E-state index is -0.818. The first-order valence-electron chi connectivity index (χ1n) is 9.08. The van der Waals surface area contributed by atoms with Crippen LogP contribution in [0.3, 0.4) is 0 Å². The predicted octanol–water partition coefficient (Wildman–Crippen LogP) is 4.45. The first-order chi connectivity index (χ1) is 11.0. The van der Waals surface area contributed by atoms with Gasteiger partial charge in [0.1, 0.15) is 0 Å². The molecule has 0 aromatic heterocycles. The van der Waals surface area contributed by atoms with Gasteiger partial charge < -0.3 is 14.7 Å². The first-order valence-corrected chi connectivity index (χ1v) is 9.08. The van der Waals surface area contributed by atoms with Crippen LogP contribution in [0.2, 0.25) is 0 Å². The Labute approximate surface area is 142 Å². The molecule has 1 N–H and O–H groups in total. The lowest BCUT2D eigenvalue weighted by Crippen LogP contribution is -2.31.